The first-order chi connectivity index (χ1) is 20.9. The van der Waals surface area contributed by atoms with Gasteiger partial charge in [-0.25, -0.2) is 0 Å². The van der Waals surface area contributed by atoms with Gasteiger partial charge in [0.1, 0.15) is 0 Å². The fraction of sp³-hybridized carbons (Fsp3) is 0. The maximum Gasteiger partial charge on any atom is 0.0708 e. The lowest BCUT2D eigenvalue weighted by molar-refractivity contribution is 1.32. The highest BCUT2D eigenvalue weighted by Crippen LogP contribution is 2.47. The van der Waals surface area contributed by atoms with E-state index >= 15 is 0 Å². The minimum atomic E-state index is 0.935. The largest absolute Gasteiger partial charge is 0.256 e. The van der Waals surface area contributed by atoms with E-state index in [9.17, 15) is 0 Å². The van der Waals surface area contributed by atoms with Gasteiger partial charge in [-0.1, -0.05) is 109 Å². The van der Waals surface area contributed by atoms with Crippen molar-refractivity contribution in [1.82, 2.24) is 15.0 Å². The third-order valence-corrected chi connectivity index (χ3v) is 7.52. The summed E-state index contributed by atoms with van der Waals surface area (Å²) in [5.74, 6) is 0. The number of hydrogen-bond donors (Lipinski definition) is 0. The van der Waals surface area contributed by atoms with Crippen LogP contribution in [-0.4, -0.2) is 15.0 Å². The number of rotatable bonds is 6. The Balaban J connectivity index is 1.57. The molecule has 0 unspecified atom stereocenters. The van der Waals surface area contributed by atoms with E-state index in [1.54, 1.807) is 0 Å². The van der Waals surface area contributed by atoms with E-state index in [1.165, 1.54) is 0 Å². The van der Waals surface area contributed by atoms with Crippen molar-refractivity contribution in [2.45, 2.75) is 0 Å². The van der Waals surface area contributed by atoms with E-state index in [2.05, 4.69) is 109 Å². The first kappa shape index (κ1) is 25.3. The highest BCUT2D eigenvalue weighted by atomic mass is 14.7. The zero-order chi connectivity index (χ0) is 28.1. The van der Waals surface area contributed by atoms with Gasteiger partial charge < -0.3 is 0 Å². The highest BCUT2D eigenvalue weighted by molar-refractivity contribution is 6.03. The zero-order valence-electron chi connectivity index (χ0n) is 22.9. The normalized spacial score (nSPS) is 10.9. The minimum absolute atomic E-state index is 0.935. The topological polar surface area (TPSA) is 38.7 Å². The van der Waals surface area contributed by atoms with Gasteiger partial charge in [0, 0.05) is 35.3 Å². The molecule has 7 rings (SSSR count). The van der Waals surface area contributed by atoms with Crippen LogP contribution in [0.1, 0.15) is 0 Å². The van der Waals surface area contributed by atoms with Crippen LogP contribution >= 0.6 is 0 Å². The van der Waals surface area contributed by atoms with Crippen molar-refractivity contribution in [2.24, 2.45) is 0 Å². The number of pyridine rings is 3. The molecule has 3 heteroatoms. The first-order valence-electron chi connectivity index (χ1n) is 14.0. The molecule has 0 saturated carbocycles. The fourth-order valence-electron chi connectivity index (χ4n) is 5.66. The van der Waals surface area contributed by atoms with Gasteiger partial charge in [0.2, 0.25) is 0 Å². The summed E-state index contributed by atoms with van der Waals surface area (Å²) >= 11 is 0. The molecule has 0 aliphatic carbocycles. The molecule has 3 aromatic heterocycles. The summed E-state index contributed by atoms with van der Waals surface area (Å²) in [5, 5.41) is 0. The molecule has 0 aliphatic heterocycles. The van der Waals surface area contributed by atoms with Gasteiger partial charge in [0.25, 0.3) is 0 Å². The van der Waals surface area contributed by atoms with Gasteiger partial charge >= 0.3 is 0 Å². The van der Waals surface area contributed by atoms with E-state index in [-0.39, 0.29) is 0 Å². The average Bonchev–Trinajstić information content (AvgIpc) is 3.09. The van der Waals surface area contributed by atoms with Crippen LogP contribution in [0.4, 0.5) is 0 Å². The second-order valence-corrected chi connectivity index (χ2v) is 10.0. The summed E-state index contributed by atoms with van der Waals surface area (Å²) in [4.78, 5) is 14.2. The molecule has 0 spiro atoms. The molecular formula is C39H27N3. The van der Waals surface area contributed by atoms with Crippen LogP contribution in [0.5, 0.6) is 0 Å². The summed E-state index contributed by atoms with van der Waals surface area (Å²) in [7, 11) is 0. The second kappa shape index (κ2) is 11.4. The Morgan fingerprint density at radius 3 is 0.929 bits per heavy atom. The van der Waals surface area contributed by atoms with E-state index in [1.807, 2.05) is 55.0 Å². The van der Waals surface area contributed by atoms with Crippen molar-refractivity contribution in [3.63, 3.8) is 0 Å². The van der Waals surface area contributed by atoms with Crippen molar-refractivity contribution in [3.8, 4) is 67.2 Å². The van der Waals surface area contributed by atoms with Crippen molar-refractivity contribution in [1.29, 1.82) is 0 Å². The minimum Gasteiger partial charge on any atom is -0.256 e. The number of hydrogen-bond acceptors (Lipinski definition) is 3. The number of aromatic nitrogens is 3. The standard InChI is InChI=1S/C39H27N3/c1-3-16-30(36-22-7-10-25-40-36)28(14-1)33-20-13-21-34(29-15-2-4-17-31(29)37-23-8-11-26-41-37)39(33)35-19-6-5-18-32(35)38-24-9-12-27-42-38/h1-27H. The second-order valence-electron chi connectivity index (χ2n) is 10.0. The van der Waals surface area contributed by atoms with Gasteiger partial charge in [-0.2, -0.15) is 0 Å². The van der Waals surface area contributed by atoms with Crippen molar-refractivity contribution < 1.29 is 0 Å². The molecule has 0 aliphatic rings. The highest BCUT2D eigenvalue weighted by Gasteiger charge is 2.21. The summed E-state index contributed by atoms with van der Waals surface area (Å²) in [6.07, 6.45) is 5.55. The maximum absolute atomic E-state index is 4.75. The summed E-state index contributed by atoms with van der Waals surface area (Å²) in [6.45, 7) is 0. The summed E-state index contributed by atoms with van der Waals surface area (Å²) < 4.78 is 0. The quantitative estimate of drug-likeness (QED) is 0.212. The molecule has 3 nitrogen and oxygen atoms in total. The molecule has 0 amide bonds. The number of benzene rings is 4. The summed E-state index contributed by atoms with van der Waals surface area (Å²) in [6, 6.07) is 50.4. The predicted octanol–water partition coefficient (Wildman–Crippen LogP) is 9.87. The molecule has 0 N–H and O–H groups in total. The molecule has 42 heavy (non-hydrogen) atoms. The van der Waals surface area contributed by atoms with Gasteiger partial charge in [-0.05, 0) is 69.8 Å². The van der Waals surface area contributed by atoms with Crippen LogP contribution in [0.3, 0.4) is 0 Å². The van der Waals surface area contributed by atoms with E-state index in [0.717, 1.165) is 67.2 Å². The maximum atomic E-state index is 4.75. The van der Waals surface area contributed by atoms with E-state index in [4.69, 9.17) is 15.0 Å². The van der Waals surface area contributed by atoms with Crippen LogP contribution in [-0.2, 0) is 0 Å². The SMILES string of the molecule is c1ccc(-c2ccccc2-c2cccc(-c3ccccc3-c3ccccn3)c2-c2ccccc2-c2ccccn2)nc1. The van der Waals surface area contributed by atoms with Crippen molar-refractivity contribution >= 4 is 0 Å². The first-order valence-corrected chi connectivity index (χ1v) is 14.0. The number of nitrogens with zero attached hydrogens (tertiary/aromatic N) is 3. The van der Waals surface area contributed by atoms with Crippen molar-refractivity contribution in [2.75, 3.05) is 0 Å². The molecule has 0 bridgehead atoms. The Labute approximate surface area is 245 Å². The Kier molecular flexibility index (Phi) is 6.89. The van der Waals surface area contributed by atoms with Gasteiger partial charge in [-0.3, -0.25) is 15.0 Å². The van der Waals surface area contributed by atoms with E-state index < -0.39 is 0 Å². The molecular weight excluding hydrogens is 510 g/mol. The van der Waals surface area contributed by atoms with Gasteiger partial charge in [0.05, 0.1) is 17.1 Å². The van der Waals surface area contributed by atoms with Gasteiger partial charge in [0.15, 0.2) is 0 Å². The molecule has 4 aromatic carbocycles. The molecule has 3 heterocycles. The third kappa shape index (κ3) is 4.78. The molecule has 0 saturated heterocycles. The Bertz CT molecular complexity index is 1870. The molecule has 0 radical (unpaired) electrons. The van der Waals surface area contributed by atoms with Crippen LogP contribution in [0.2, 0.25) is 0 Å². The molecule has 0 atom stereocenters. The van der Waals surface area contributed by atoms with Crippen LogP contribution < -0.4 is 0 Å². The average molecular weight is 538 g/mol. The zero-order valence-corrected chi connectivity index (χ0v) is 22.9. The molecule has 7 aromatic rings. The Hall–Kier alpha value is -5.67. The lowest BCUT2D eigenvalue weighted by atomic mass is 9.82. The molecule has 198 valence electrons. The van der Waals surface area contributed by atoms with Crippen LogP contribution in [0, 0.1) is 0 Å². The Morgan fingerprint density at radius 1 is 0.238 bits per heavy atom. The fourth-order valence-corrected chi connectivity index (χ4v) is 5.66. The smallest absolute Gasteiger partial charge is 0.0708 e. The lowest BCUT2D eigenvalue weighted by Crippen LogP contribution is -1.97. The predicted molar refractivity (Wildman–Crippen MR) is 172 cm³/mol. The van der Waals surface area contributed by atoms with Gasteiger partial charge in [-0.15, -0.1) is 0 Å². The molecule has 0 fully saturated rings. The third-order valence-electron chi connectivity index (χ3n) is 7.52. The Morgan fingerprint density at radius 2 is 0.548 bits per heavy atom. The lowest BCUT2D eigenvalue weighted by Gasteiger charge is -2.21. The summed E-state index contributed by atoms with van der Waals surface area (Å²) in [5.41, 5.74) is 12.8. The van der Waals surface area contributed by atoms with Crippen LogP contribution in [0.15, 0.2) is 164 Å². The van der Waals surface area contributed by atoms with E-state index in [0.29, 0.717) is 0 Å². The van der Waals surface area contributed by atoms with Crippen molar-refractivity contribution in [3.05, 3.63) is 164 Å². The monoisotopic (exact) mass is 537 g/mol. The van der Waals surface area contributed by atoms with Crippen LogP contribution in [0.25, 0.3) is 67.2 Å².